The molecule has 0 aromatic carbocycles. The predicted molar refractivity (Wildman–Crippen MR) is 84.2 cm³/mol. The minimum absolute atomic E-state index is 0.169. The van der Waals surface area contributed by atoms with Crippen LogP contribution in [0.2, 0.25) is 0 Å². The highest BCUT2D eigenvalue weighted by Crippen LogP contribution is 2.36. The van der Waals surface area contributed by atoms with Gasteiger partial charge in [-0.1, -0.05) is 36.5 Å². The Hall–Kier alpha value is -1.43. The topological polar surface area (TPSA) is 98.0 Å². The van der Waals surface area contributed by atoms with Crippen molar-refractivity contribution in [1.29, 1.82) is 0 Å². The van der Waals surface area contributed by atoms with Crippen LogP contribution in [0.4, 0.5) is 0 Å². The van der Waals surface area contributed by atoms with Crippen molar-refractivity contribution in [2.24, 2.45) is 11.8 Å². The van der Waals surface area contributed by atoms with E-state index >= 15 is 0 Å². The molecule has 5 nitrogen and oxygen atoms in total. The predicted octanol–water partition coefficient (Wildman–Crippen LogP) is 1.65. The van der Waals surface area contributed by atoms with Gasteiger partial charge in [0.25, 0.3) is 0 Å². The van der Waals surface area contributed by atoms with Crippen LogP contribution in [0.25, 0.3) is 0 Å². The Morgan fingerprint density at radius 2 is 2.05 bits per heavy atom. The maximum atomic E-state index is 10.9. The second-order valence-corrected chi connectivity index (χ2v) is 5.77. The van der Waals surface area contributed by atoms with Gasteiger partial charge in [-0.25, -0.2) is 0 Å². The third-order valence-electron chi connectivity index (χ3n) is 4.24. The Bertz CT molecular complexity index is 440. The lowest BCUT2D eigenvalue weighted by molar-refractivity contribution is -0.139. The first-order chi connectivity index (χ1) is 10.4. The average Bonchev–Trinajstić information content (AvgIpc) is 2.71. The van der Waals surface area contributed by atoms with Crippen LogP contribution in [0.15, 0.2) is 36.5 Å². The van der Waals surface area contributed by atoms with Crippen molar-refractivity contribution in [2.45, 2.75) is 50.9 Å². The highest BCUT2D eigenvalue weighted by Gasteiger charge is 2.41. The molecule has 0 spiro atoms. The number of aliphatic hydroxyl groups excluding tert-OH is 3. The highest BCUT2D eigenvalue weighted by atomic mass is 16.4. The van der Waals surface area contributed by atoms with Crippen molar-refractivity contribution in [3.05, 3.63) is 36.5 Å². The number of allylic oxidation sites excluding steroid dienone is 3. The molecular formula is C17H26O5. The van der Waals surface area contributed by atoms with E-state index in [0.29, 0.717) is 12.8 Å². The van der Waals surface area contributed by atoms with Gasteiger partial charge in [0.2, 0.25) is 0 Å². The largest absolute Gasteiger partial charge is 0.481 e. The van der Waals surface area contributed by atoms with E-state index in [2.05, 4.69) is 6.58 Å². The van der Waals surface area contributed by atoms with E-state index in [-0.39, 0.29) is 12.8 Å². The summed E-state index contributed by atoms with van der Waals surface area (Å²) >= 11 is 0. The molecule has 1 fully saturated rings. The summed E-state index contributed by atoms with van der Waals surface area (Å²) in [6.45, 7) is 5.60. The molecule has 1 aliphatic rings. The van der Waals surface area contributed by atoms with Gasteiger partial charge in [0, 0.05) is 18.3 Å². The summed E-state index contributed by atoms with van der Waals surface area (Å²) in [7, 11) is 0. The van der Waals surface area contributed by atoms with Crippen molar-refractivity contribution < 1.29 is 25.2 Å². The maximum absolute atomic E-state index is 10.9. The fourth-order valence-electron chi connectivity index (χ4n) is 2.90. The summed E-state index contributed by atoms with van der Waals surface area (Å²) in [6.07, 6.45) is 5.82. The summed E-state index contributed by atoms with van der Waals surface area (Å²) in [4.78, 5) is 10.9. The summed E-state index contributed by atoms with van der Waals surface area (Å²) in [5.41, 5.74) is 1.05. The molecule has 5 atom stereocenters. The minimum atomic E-state index is -0.999. The molecule has 0 heterocycles. The van der Waals surface area contributed by atoms with Crippen molar-refractivity contribution >= 4 is 5.97 Å². The van der Waals surface area contributed by atoms with Crippen LogP contribution in [0.5, 0.6) is 0 Å². The van der Waals surface area contributed by atoms with Gasteiger partial charge in [0.1, 0.15) is 0 Å². The normalized spacial score (nSPS) is 30.6. The molecule has 1 aliphatic carbocycles. The summed E-state index contributed by atoms with van der Waals surface area (Å²) in [5.74, 6) is -1.96. The molecule has 22 heavy (non-hydrogen) atoms. The molecule has 5 heteroatoms. The number of aliphatic carboxylic acids is 1. The summed E-state index contributed by atoms with van der Waals surface area (Å²) < 4.78 is 0. The lowest BCUT2D eigenvalue weighted by Gasteiger charge is -2.19. The quantitative estimate of drug-likeness (QED) is 0.404. The molecule has 0 amide bonds. The number of rotatable bonds is 8. The van der Waals surface area contributed by atoms with Crippen molar-refractivity contribution in [3.8, 4) is 0 Å². The molecule has 0 unspecified atom stereocenters. The van der Waals surface area contributed by atoms with Gasteiger partial charge in [-0.05, 0) is 19.8 Å². The first-order valence-electron chi connectivity index (χ1n) is 7.61. The second-order valence-electron chi connectivity index (χ2n) is 5.77. The average molecular weight is 310 g/mol. The van der Waals surface area contributed by atoms with E-state index in [1.807, 2.05) is 13.0 Å². The fraction of sp³-hybridized carbons (Fsp3) is 0.588. The van der Waals surface area contributed by atoms with Crippen LogP contribution in [0.3, 0.4) is 0 Å². The maximum Gasteiger partial charge on any atom is 0.303 e. The first-order valence-corrected chi connectivity index (χ1v) is 7.61. The first kappa shape index (κ1) is 18.6. The SMILES string of the molecule is C=C/C(=C\C)CC[C@H](O)/C=C/[C@@H]1[C@@H](CC(=O)O)[C@@H](O)C[C@H]1O. The Kier molecular flexibility index (Phi) is 7.51. The van der Waals surface area contributed by atoms with Crippen LogP contribution >= 0.6 is 0 Å². The smallest absolute Gasteiger partial charge is 0.303 e. The molecule has 1 rings (SSSR count). The molecule has 0 bridgehead atoms. The molecule has 124 valence electrons. The van der Waals surface area contributed by atoms with Crippen LogP contribution in [0.1, 0.15) is 32.6 Å². The number of hydrogen-bond donors (Lipinski definition) is 4. The van der Waals surface area contributed by atoms with E-state index in [0.717, 1.165) is 5.57 Å². The van der Waals surface area contributed by atoms with Gasteiger partial charge in [0.15, 0.2) is 0 Å². The molecule has 0 aromatic heterocycles. The molecule has 1 saturated carbocycles. The van der Waals surface area contributed by atoms with Gasteiger partial charge >= 0.3 is 5.97 Å². The number of aliphatic hydroxyl groups is 3. The molecule has 0 aromatic rings. The number of carboxylic acids is 1. The third kappa shape index (κ3) is 5.40. The summed E-state index contributed by atoms with van der Waals surface area (Å²) in [6, 6.07) is 0. The Morgan fingerprint density at radius 3 is 2.59 bits per heavy atom. The second kappa shape index (κ2) is 8.88. The van der Waals surface area contributed by atoms with Crippen LogP contribution in [-0.4, -0.2) is 44.7 Å². The van der Waals surface area contributed by atoms with Gasteiger partial charge in [-0.15, -0.1) is 0 Å². The number of carbonyl (C=O) groups is 1. The van der Waals surface area contributed by atoms with Gasteiger partial charge < -0.3 is 20.4 Å². The van der Waals surface area contributed by atoms with Crippen LogP contribution in [0, 0.1) is 11.8 Å². The van der Waals surface area contributed by atoms with Gasteiger partial charge in [0.05, 0.1) is 24.7 Å². The zero-order chi connectivity index (χ0) is 16.7. The van der Waals surface area contributed by atoms with Crippen LogP contribution in [-0.2, 0) is 4.79 Å². The van der Waals surface area contributed by atoms with Gasteiger partial charge in [-0.2, -0.15) is 0 Å². The van der Waals surface area contributed by atoms with E-state index in [1.165, 1.54) is 0 Å². The lowest BCUT2D eigenvalue weighted by atomic mass is 9.90. The number of hydrogen-bond acceptors (Lipinski definition) is 4. The van der Waals surface area contributed by atoms with E-state index in [1.54, 1.807) is 18.2 Å². The molecule has 0 radical (unpaired) electrons. The van der Waals surface area contributed by atoms with Crippen LogP contribution < -0.4 is 0 Å². The Labute approximate surface area is 131 Å². The molecular weight excluding hydrogens is 284 g/mol. The zero-order valence-electron chi connectivity index (χ0n) is 12.9. The number of carboxylic acid groups (broad SMARTS) is 1. The van der Waals surface area contributed by atoms with Crippen molar-refractivity contribution in [2.75, 3.05) is 0 Å². The van der Waals surface area contributed by atoms with Crippen molar-refractivity contribution in [1.82, 2.24) is 0 Å². The molecule has 0 aliphatic heterocycles. The van der Waals surface area contributed by atoms with E-state index in [9.17, 15) is 20.1 Å². The lowest BCUT2D eigenvalue weighted by Crippen LogP contribution is -2.23. The summed E-state index contributed by atoms with van der Waals surface area (Å²) in [5, 5.41) is 38.6. The minimum Gasteiger partial charge on any atom is -0.481 e. The Balaban J connectivity index is 2.61. The molecule has 4 N–H and O–H groups in total. The fourth-order valence-corrected chi connectivity index (χ4v) is 2.90. The van der Waals surface area contributed by atoms with E-state index in [4.69, 9.17) is 5.11 Å². The zero-order valence-corrected chi connectivity index (χ0v) is 12.9. The van der Waals surface area contributed by atoms with Gasteiger partial charge in [-0.3, -0.25) is 4.79 Å². The standard InChI is InChI=1S/C17H26O5/c1-3-11(4-2)5-6-12(18)7-8-13-14(9-17(21)22)16(20)10-15(13)19/h3-4,7-8,12-16,18-20H,1,5-6,9-10H2,2H3,(H,21,22)/b8-7+,11-4+/t12-,13+,14+,15+,16-/m0/s1. The molecule has 0 saturated heterocycles. The van der Waals surface area contributed by atoms with E-state index < -0.39 is 36.1 Å². The van der Waals surface area contributed by atoms with Crippen molar-refractivity contribution in [3.63, 3.8) is 0 Å². The third-order valence-corrected chi connectivity index (χ3v) is 4.24. The highest BCUT2D eigenvalue weighted by molar-refractivity contribution is 5.67. The Morgan fingerprint density at radius 1 is 1.36 bits per heavy atom. The monoisotopic (exact) mass is 310 g/mol.